The van der Waals surface area contributed by atoms with Crippen molar-refractivity contribution < 1.29 is 19.7 Å². The van der Waals surface area contributed by atoms with Crippen molar-refractivity contribution in [2.24, 2.45) is 0 Å². The summed E-state index contributed by atoms with van der Waals surface area (Å²) in [5, 5.41) is 21.0. The van der Waals surface area contributed by atoms with E-state index in [1.54, 1.807) is 24.3 Å². The Labute approximate surface area is 130 Å². The highest BCUT2D eigenvalue weighted by Gasteiger charge is 2.26. The van der Waals surface area contributed by atoms with Crippen LogP contribution in [0.1, 0.15) is 13.3 Å². The van der Waals surface area contributed by atoms with Gasteiger partial charge in [0, 0.05) is 11.4 Å². The number of hydrogen-bond acceptors (Lipinski definition) is 3. The topological polar surface area (TPSA) is 66.8 Å². The minimum atomic E-state index is -1.69. The molecule has 4 nitrogen and oxygen atoms in total. The predicted octanol–water partition coefficient (Wildman–Crippen LogP) is 3.30. The van der Waals surface area contributed by atoms with Crippen LogP contribution < -0.4 is 4.74 Å². The summed E-state index contributed by atoms with van der Waals surface area (Å²) >= 11 is 3.25. The third-order valence-electron chi connectivity index (χ3n) is 2.85. The zero-order valence-electron chi connectivity index (χ0n) is 11.4. The second kappa shape index (κ2) is 6.28. The van der Waals surface area contributed by atoms with E-state index in [0.717, 1.165) is 4.47 Å². The molecule has 1 unspecified atom stereocenters. The van der Waals surface area contributed by atoms with Crippen LogP contribution in [0, 0.1) is 10.4 Å². The summed E-state index contributed by atoms with van der Waals surface area (Å²) in [5.41, 5.74) is 0. The number of rotatable bonds is 4. The molecule has 0 bridgehead atoms. The highest BCUT2D eigenvalue weighted by Crippen LogP contribution is 2.21. The van der Waals surface area contributed by atoms with Gasteiger partial charge >= 0.3 is 5.97 Å². The van der Waals surface area contributed by atoms with Crippen LogP contribution in [-0.2, 0) is 4.79 Å². The van der Waals surface area contributed by atoms with Crippen LogP contribution in [0.2, 0.25) is 0 Å². The van der Waals surface area contributed by atoms with Gasteiger partial charge in [-0.2, -0.15) is 0 Å². The van der Waals surface area contributed by atoms with Crippen LogP contribution in [0.15, 0.2) is 53.0 Å². The van der Waals surface area contributed by atoms with E-state index in [4.69, 9.17) is 9.84 Å². The Balaban J connectivity index is 0.000000218. The van der Waals surface area contributed by atoms with Gasteiger partial charge in [0.2, 0.25) is 5.79 Å². The third-order valence-corrected chi connectivity index (χ3v) is 3.38. The molecule has 2 N–H and O–H groups in total. The fourth-order valence-electron chi connectivity index (χ4n) is 1.74. The van der Waals surface area contributed by atoms with Crippen LogP contribution in [0.4, 0.5) is 0 Å². The molecule has 0 aliphatic heterocycles. The van der Waals surface area contributed by atoms with Crippen molar-refractivity contribution in [2.75, 3.05) is 0 Å². The van der Waals surface area contributed by atoms with Gasteiger partial charge in [-0.3, -0.25) is 4.79 Å². The first-order valence-electron chi connectivity index (χ1n) is 6.35. The Morgan fingerprint density at radius 1 is 1.10 bits per heavy atom. The highest BCUT2D eigenvalue weighted by atomic mass is 79.9. The van der Waals surface area contributed by atoms with E-state index >= 15 is 0 Å². The highest BCUT2D eigenvalue weighted by molar-refractivity contribution is 9.10. The summed E-state index contributed by atoms with van der Waals surface area (Å²) < 4.78 is 6.00. The van der Waals surface area contributed by atoms with E-state index in [1.807, 2.05) is 0 Å². The van der Waals surface area contributed by atoms with Crippen LogP contribution in [-0.4, -0.2) is 22.0 Å². The molecule has 2 aliphatic carbocycles. The lowest BCUT2D eigenvalue weighted by Crippen LogP contribution is -2.34. The van der Waals surface area contributed by atoms with Crippen molar-refractivity contribution in [2.45, 2.75) is 19.1 Å². The maximum Gasteiger partial charge on any atom is 0.310 e. The molecule has 0 fully saturated rings. The lowest BCUT2D eigenvalue weighted by atomic mass is 10.1. The van der Waals surface area contributed by atoms with E-state index in [9.17, 15) is 9.90 Å². The Bertz CT molecular complexity index is 672. The maximum atomic E-state index is 10.4. The summed E-state index contributed by atoms with van der Waals surface area (Å²) in [6.45, 7) is 1.31. The molecule has 2 aliphatic rings. The van der Waals surface area contributed by atoms with Gasteiger partial charge in [0.1, 0.15) is 12.2 Å². The van der Waals surface area contributed by atoms with Gasteiger partial charge in [-0.1, -0.05) is 40.2 Å². The number of halogens is 1. The minimum absolute atomic E-state index is 0.421. The first kappa shape index (κ1) is 15.5. The van der Waals surface area contributed by atoms with Crippen LogP contribution in [0.3, 0.4) is 0 Å². The molecule has 0 aromatic heterocycles. The number of hydrogen-bond donors (Lipinski definition) is 2. The molecule has 0 saturated heterocycles. The SMILES string of the molecule is CC(O)(CC(=O)O)Oc1ccc(Br)cc1.c1cc2ccc1=2. The van der Waals surface area contributed by atoms with Crippen molar-refractivity contribution in [1.82, 2.24) is 0 Å². The van der Waals surface area contributed by atoms with Gasteiger partial charge in [0.05, 0.1) is 0 Å². The fourth-order valence-corrected chi connectivity index (χ4v) is 2.00. The average molecular weight is 351 g/mol. The first-order chi connectivity index (χ1) is 9.85. The Hall–Kier alpha value is -1.85. The van der Waals surface area contributed by atoms with E-state index in [2.05, 4.69) is 40.2 Å². The molecule has 0 heterocycles. The second-order valence-electron chi connectivity index (χ2n) is 4.88. The largest absolute Gasteiger partial charge is 0.481 e. The summed E-state index contributed by atoms with van der Waals surface area (Å²) in [7, 11) is 0. The van der Waals surface area contributed by atoms with Crippen molar-refractivity contribution in [1.29, 1.82) is 0 Å². The van der Waals surface area contributed by atoms with Gasteiger partial charge < -0.3 is 14.9 Å². The number of carboxylic acids is 1. The lowest BCUT2D eigenvalue weighted by Gasteiger charge is -2.22. The molecule has 0 saturated carbocycles. The quantitative estimate of drug-likeness (QED) is 0.708. The molecule has 1 aromatic rings. The zero-order valence-corrected chi connectivity index (χ0v) is 13.0. The molecule has 110 valence electrons. The van der Waals surface area contributed by atoms with Gasteiger partial charge in [0.25, 0.3) is 0 Å². The summed E-state index contributed by atoms with van der Waals surface area (Å²) in [6.07, 6.45) is -0.469. The van der Waals surface area contributed by atoms with Crippen LogP contribution in [0.5, 0.6) is 5.75 Å². The minimum Gasteiger partial charge on any atom is -0.481 e. The maximum absolute atomic E-state index is 10.4. The Morgan fingerprint density at radius 3 is 1.90 bits per heavy atom. The average Bonchev–Trinajstić information content (AvgIpc) is 2.35. The van der Waals surface area contributed by atoms with Crippen molar-refractivity contribution in [3.63, 3.8) is 0 Å². The number of aliphatic hydroxyl groups is 1. The summed E-state index contributed by atoms with van der Waals surface area (Å²) in [6, 6.07) is 15.2. The van der Waals surface area contributed by atoms with Gasteiger partial charge in [-0.25, -0.2) is 0 Å². The molecule has 1 aromatic carbocycles. The molecular formula is C16H15BrO4. The molecule has 1 atom stereocenters. The fraction of sp³-hybridized carbons (Fsp3) is 0.188. The molecular weight excluding hydrogens is 336 g/mol. The molecule has 3 rings (SSSR count). The van der Waals surface area contributed by atoms with E-state index in [-0.39, 0.29) is 0 Å². The van der Waals surface area contributed by atoms with E-state index in [1.165, 1.54) is 17.4 Å². The van der Waals surface area contributed by atoms with E-state index < -0.39 is 18.2 Å². The Kier molecular flexibility index (Phi) is 4.65. The van der Waals surface area contributed by atoms with Crippen LogP contribution >= 0.6 is 15.9 Å². The van der Waals surface area contributed by atoms with Gasteiger partial charge in [0.15, 0.2) is 0 Å². The van der Waals surface area contributed by atoms with Gasteiger partial charge in [-0.05, 0) is 34.7 Å². The molecule has 0 radical (unpaired) electrons. The van der Waals surface area contributed by atoms with Crippen LogP contribution in [0.25, 0.3) is 0 Å². The first-order valence-corrected chi connectivity index (χ1v) is 7.14. The van der Waals surface area contributed by atoms with Crippen molar-refractivity contribution in [3.8, 4) is 5.75 Å². The van der Waals surface area contributed by atoms with Crippen molar-refractivity contribution >= 4 is 21.9 Å². The molecule has 0 spiro atoms. The molecule has 5 heteroatoms. The summed E-state index contributed by atoms with van der Waals surface area (Å²) in [4.78, 5) is 10.4. The Morgan fingerprint density at radius 2 is 1.57 bits per heavy atom. The molecule has 0 amide bonds. The van der Waals surface area contributed by atoms with Gasteiger partial charge in [-0.15, -0.1) is 0 Å². The zero-order chi connectivity index (χ0) is 15.5. The predicted molar refractivity (Wildman–Crippen MR) is 81.8 cm³/mol. The normalized spacial score (nSPS) is 13.5. The summed E-state index contributed by atoms with van der Waals surface area (Å²) in [5.74, 6) is -2.39. The number of carbonyl (C=O) groups is 1. The molecule has 21 heavy (non-hydrogen) atoms. The lowest BCUT2D eigenvalue weighted by molar-refractivity contribution is -0.161. The third kappa shape index (κ3) is 4.58. The number of benzene rings is 2. The standard InChI is InChI=1S/C10H11BrO4.C6H4/c1-10(14,6-9(12)13)15-8-4-2-7(11)3-5-8;1-2-6-4-3-5(1)6/h2-5,14H,6H2,1H3,(H,12,13);1-4H. The number of ether oxygens (including phenoxy) is 1. The van der Waals surface area contributed by atoms with E-state index in [0.29, 0.717) is 5.75 Å². The van der Waals surface area contributed by atoms with Crippen molar-refractivity contribution in [3.05, 3.63) is 63.4 Å². The smallest absolute Gasteiger partial charge is 0.310 e. The second-order valence-corrected chi connectivity index (χ2v) is 5.79. The monoisotopic (exact) mass is 350 g/mol. The number of aliphatic carboxylic acids is 1. The number of carboxylic acid groups (broad SMARTS) is 1.